The van der Waals surface area contributed by atoms with Crippen LogP contribution in [0.15, 0.2) is 53.7 Å². The molecule has 7 heteroatoms. The number of aryl methyl sites for hydroxylation is 1. The minimum absolute atomic E-state index is 0.346. The van der Waals surface area contributed by atoms with Crippen LogP contribution in [-0.2, 0) is 9.53 Å². The summed E-state index contributed by atoms with van der Waals surface area (Å²) in [4.78, 5) is 14.4. The van der Waals surface area contributed by atoms with Crippen molar-refractivity contribution in [3.63, 3.8) is 0 Å². The Morgan fingerprint density at radius 3 is 2.62 bits per heavy atom. The number of thiocarbonyl (C=S) groups is 1. The van der Waals surface area contributed by atoms with E-state index >= 15 is 0 Å². The lowest BCUT2D eigenvalue weighted by Crippen LogP contribution is -2.48. The molecule has 1 aliphatic rings. The van der Waals surface area contributed by atoms with Crippen molar-refractivity contribution in [2.24, 2.45) is 0 Å². The lowest BCUT2D eigenvalue weighted by molar-refractivity contribution is -0.136. The highest BCUT2D eigenvalue weighted by atomic mass is 32.1. The summed E-state index contributed by atoms with van der Waals surface area (Å²) < 4.78 is 25.0. The highest BCUT2D eigenvalue weighted by Gasteiger charge is 2.36. The predicted molar refractivity (Wildman–Crippen MR) is 114 cm³/mol. The monoisotopic (exact) mass is 414 g/mol. The number of nitrogens with zero attached hydrogens (tertiary/aromatic N) is 1. The van der Waals surface area contributed by atoms with E-state index in [1.807, 2.05) is 31.2 Å². The van der Waals surface area contributed by atoms with Crippen molar-refractivity contribution < 1.29 is 18.7 Å². The summed E-state index contributed by atoms with van der Waals surface area (Å²) in [7, 11) is 1.33. The van der Waals surface area contributed by atoms with Gasteiger partial charge in [-0.1, -0.05) is 24.3 Å². The fourth-order valence-electron chi connectivity index (χ4n) is 3.39. The van der Waals surface area contributed by atoms with Gasteiger partial charge in [-0.3, -0.25) is 4.90 Å². The Balaban J connectivity index is 2.16. The molecule has 0 bridgehead atoms. The summed E-state index contributed by atoms with van der Waals surface area (Å²) in [5, 5.41) is 3.56. The quantitative estimate of drug-likeness (QED) is 0.578. The number of hydrogen-bond donors (Lipinski definition) is 1. The van der Waals surface area contributed by atoms with Crippen molar-refractivity contribution >= 4 is 29.0 Å². The topological polar surface area (TPSA) is 50.8 Å². The number of anilines is 1. The Labute approximate surface area is 175 Å². The normalized spacial score (nSPS) is 16.5. The van der Waals surface area contributed by atoms with Gasteiger partial charge in [0.1, 0.15) is 11.6 Å². The molecular weight excluding hydrogens is 391 g/mol. The van der Waals surface area contributed by atoms with Crippen LogP contribution in [0.1, 0.15) is 31.0 Å². The van der Waals surface area contributed by atoms with Gasteiger partial charge < -0.3 is 14.8 Å². The third-order valence-corrected chi connectivity index (χ3v) is 5.13. The van der Waals surface area contributed by atoms with E-state index in [1.54, 1.807) is 30.9 Å². The number of carbonyl (C=O) groups is 1. The number of benzene rings is 2. The molecule has 0 aromatic heterocycles. The average Bonchev–Trinajstić information content (AvgIpc) is 2.70. The Kier molecular flexibility index (Phi) is 6.17. The maximum atomic E-state index is 14.2. The molecule has 2 aromatic rings. The highest BCUT2D eigenvalue weighted by molar-refractivity contribution is 7.80. The summed E-state index contributed by atoms with van der Waals surface area (Å²) in [5.41, 5.74) is 2.78. The third-order valence-electron chi connectivity index (χ3n) is 4.83. The molecule has 0 saturated heterocycles. The first-order valence-corrected chi connectivity index (χ1v) is 9.67. The second-order valence-corrected chi connectivity index (χ2v) is 7.00. The van der Waals surface area contributed by atoms with E-state index in [1.165, 1.54) is 13.2 Å². The zero-order valence-corrected chi connectivity index (χ0v) is 17.6. The van der Waals surface area contributed by atoms with E-state index < -0.39 is 12.0 Å². The second kappa shape index (κ2) is 8.61. The van der Waals surface area contributed by atoms with Crippen LogP contribution in [0.4, 0.5) is 10.1 Å². The standard InChI is InChI=1S/C22H23FN2O3S/c1-5-28-18-9-7-6-8-16(18)20-19(21(26)27-4)14(3)25(22(29)24-20)15-11-10-13(2)17(23)12-15/h6-12,20H,5H2,1-4H3,(H,24,29)/t20-/m1/s1. The van der Waals surface area contributed by atoms with Crippen molar-refractivity contribution in [2.45, 2.75) is 26.8 Å². The zero-order valence-electron chi connectivity index (χ0n) is 16.8. The molecule has 0 unspecified atom stereocenters. The van der Waals surface area contributed by atoms with Crippen LogP contribution in [0.5, 0.6) is 5.75 Å². The first-order chi connectivity index (χ1) is 13.9. The van der Waals surface area contributed by atoms with Crippen LogP contribution in [0.25, 0.3) is 0 Å². The molecule has 2 aromatic carbocycles. The summed E-state index contributed by atoms with van der Waals surface area (Å²) in [6.45, 7) is 5.84. The fraction of sp³-hybridized carbons (Fsp3) is 0.273. The van der Waals surface area contributed by atoms with E-state index in [2.05, 4.69) is 5.32 Å². The number of allylic oxidation sites excluding steroid dienone is 1. The molecule has 3 rings (SSSR count). The summed E-state index contributed by atoms with van der Waals surface area (Å²) in [6, 6.07) is 11.7. The van der Waals surface area contributed by atoms with Crippen molar-refractivity contribution in [3.05, 3.63) is 70.7 Å². The number of carbonyl (C=O) groups excluding carboxylic acids is 1. The van der Waals surface area contributed by atoms with Gasteiger partial charge >= 0.3 is 5.97 Å². The van der Waals surface area contributed by atoms with Gasteiger partial charge in [-0.05, 0) is 56.8 Å². The van der Waals surface area contributed by atoms with E-state index in [0.29, 0.717) is 40.0 Å². The maximum Gasteiger partial charge on any atom is 0.337 e. The van der Waals surface area contributed by atoms with Gasteiger partial charge in [0.15, 0.2) is 5.11 Å². The van der Waals surface area contributed by atoms with Gasteiger partial charge in [0.2, 0.25) is 0 Å². The molecule has 152 valence electrons. The molecule has 1 heterocycles. The van der Waals surface area contributed by atoms with E-state index in [4.69, 9.17) is 21.7 Å². The SMILES string of the molecule is CCOc1ccccc1[C@H]1NC(=S)N(c2ccc(C)c(F)c2)C(C)=C1C(=O)OC. The van der Waals surface area contributed by atoms with Gasteiger partial charge in [0, 0.05) is 11.3 Å². The Morgan fingerprint density at radius 1 is 1.24 bits per heavy atom. The molecule has 0 amide bonds. The minimum Gasteiger partial charge on any atom is -0.494 e. The van der Waals surface area contributed by atoms with Gasteiger partial charge in [-0.15, -0.1) is 0 Å². The average molecular weight is 415 g/mol. The number of halogens is 1. The van der Waals surface area contributed by atoms with Gasteiger partial charge in [-0.2, -0.15) is 0 Å². The summed E-state index contributed by atoms with van der Waals surface area (Å²) in [5.74, 6) is -0.188. The van der Waals surface area contributed by atoms with E-state index in [-0.39, 0.29) is 5.82 Å². The predicted octanol–water partition coefficient (Wildman–Crippen LogP) is 4.42. The molecular formula is C22H23FN2O3S. The third kappa shape index (κ3) is 3.96. The van der Waals surface area contributed by atoms with E-state index in [0.717, 1.165) is 5.56 Å². The summed E-state index contributed by atoms with van der Waals surface area (Å²) >= 11 is 5.59. The largest absolute Gasteiger partial charge is 0.494 e. The van der Waals surface area contributed by atoms with Crippen molar-refractivity contribution in [1.29, 1.82) is 0 Å². The van der Waals surface area contributed by atoms with Gasteiger partial charge in [0.05, 0.1) is 31.0 Å². The molecule has 5 nitrogen and oxygen atoms in total. The summed E-state index contributed by atoms with van der Waals surface area (Å²) in [6.07, 6.45) is 0. The molecule has 1 aliphatic heterocycles. The van der Waals surface area contributed by atoms with Crippen LogP contribution in [0.3, 0.4) is 0 Å². The minimum atomic E-state index is -0.552. The molecule has 0 fully saturated rings. The van der Waals surface area contributed by atoms with Crippen LogP contribution >= 0.6 is 12.2 Å². The molecule has 0 aliphatic carbocycles. The number of ether oxygens (including phenoxy) is 2. The lowest BCUT2D eigenvalue weighted by atomic mass is 9.94. The molecule has 0 saturated carbocycles. The molecule has 1 N–H and O–H groups in total. The number of rotatable bonds is 5. The Bertz CT molecular complexity index is 990. The Hall–Kier alpha value is -2.93. The number of hydrogen-bond acceptors (Lipinski definition) is 4. The second-order valence-electron chi connectivity index (χ2n) is 6.61. The van der Waals surface area contributed by atoms with E-state index in [9.17, 15) is 9.18 Å². The Morgan fingerprint density at radius 2 is 1.97 bits per heavy atom. The smallest absolute Gasteiger partial charge is 0.337 e. The molecule has 29 heavy (non-hydrogen) atoms. The first kappa shape index (κ1) is 20.8. The number of esters is 1. The van der Waals surface area contributed by atoms with Gasteiger partial charge in [-0.25, -0.2) is 9.18 Å². The van der Waals surface area contributed by atoms with Crippen LogP contribution in [-0.4, -0.2) is 24.8 Å². The van der Waals surface area contributed by atoms with Crippen molar-refractivity contribution in [2.75, 3.05) is 18.6 Å². The molecule has 1 atom stereocenters. The lowest BCUT2D eigenvalue weighted by Gasteiger charge is -2.37. The molecule has 0 radical (unpaired) electrons. The van der Waals surface area contributed by atoms with Crippen LogP contribution < -0.4 is 15.0 Å². The fourth-order valence-corrected chi connectivity index (χ4v) is 3.75. The number of para-hydroxylation sites is 1. The van der Waals surface area contributed by atoms with Gasteiger partial charge in [0.25, 0.3) is 0 Å². The first-order valence-electron chi connectivity index (χ1n) is 9.26. The van der Waals surface area contributed by atoms with Crippen molar-refractivity contribution in [1.82, 2.24) is 5.32 Å². The zero-order chi connectivity index (χ0) is 21.1. The maximum absolute atomic E-state index is 14.2. The highest BCUT2D eigenvalue weighted by Crippen LogP contribution is 2.37. The number of methoxy groups -OCH3 is 1. The van der Waals surface area contributed by atoms with Crippen LogP contribution in [0.2, 0.25) is 0 Å². The number of nitrogens with one attached hydrogen (secondary N) is 1. The van der Waals surface area contributed by atoms with Crippen LogP contribution in [0, 0.1) is 12.7 Å². The van der Waals surface area contributed by atoms with Crippen molar-refractivity contribution in [3.8, 4) is 5.75 Å². The molecule has 0 spiro atoms.